The second-order valence-electron chi connectivity index (χ2n) is 8.03. The lowest BCUT2D eigenvalue weighted by molar-refractivity contribution is -0.118. The van der Waals surface area contributed by atoms with Gasteiger partial charge in [0.25, 0.3) is 0 Å². The maximum absolute atomic E-state index is 13.4. The van der Waals surface area contributed by atoms with Crippen LogP contribution in [0.1, 0.15) is 39.7 Å². The van der Waals surface area contributed by atoms with Gasteiger partial charge in [0.1, 0.15) is 17.3 Å². The average molecular weight is 392 g/mol. The van der Waals surface area contributed by atoms with Crippen LogP contribution in [0.3, 0.4) is 0 Å². The van der Waals surface area contributed by atoms with Crippen molar-refractivity contribution in [1.29, 1.82) is 0 Å². The monoisotopic (exact) mass is 392 g/mol. The Kier molecular flexibility index (Phi) is 5.18. The lowest BCUT2D eigenvalue weighted by Crippen LogP contribution is -2.18. The minimum atomic E-state index is -0.274. The van der Waals surface area contributed by atoms with Gasteiger partial charge in [-0.3, -0.25) is 9.48 Å². The predicted octanol–water partition coefficient (Wildman–Crippen LogP) is 5.32. The number of rotatable bonds is 6. The Hall–Kier alpha value is -3.02. The number of carbonyl (C=O) groups is 1. The van der Waals surface area contributed by atoms with Crippen molar-refractivity contribution in [1.82, 2.24) is 14.8 Å². The van der Waals surface area contributed by atoms with Crippen LogP contribution in [0.5, 0.6) is 0 Å². The third-order valence-electron chi connectivity index (χ3n) is 5.42. The summed E-state index contributed by atoms with van der Waals surface area (Å²) in [4.78, 5) is 16.3. The van der Waals surface area contributed by atoms with Crippen LogP contribution < -0.4 is 5.32 Å². The van der Waals surface area contributed by atoms with Crippen LogP contribution in [0.15, 0.2) is 48.8 Å². The Balaban J connectivity index is 1.75. The smallest absolute Gasteiger partial charge is 0.228 e. The number of carbonyl (C=O) groups excluding carboxylic acids is 1. The molecule has 29 heavy (non-hydrogen) atoms. The van der Waals surface area contributed by atoms with Gasteiger partial charge in [0.15, 0.2) is 0 Å². The molecular formula is C23H25FN4O. The predicted molar refractivity (Wildman–Crippen MR) is 112 cm³/mol. The molecule has 150 valence electrons. The molecule has 0 bridgehead atoms. The molecule has 0 spiro atoms. The molecule has 1 amide bonds. The van der Waals surface area contributed by atoms with Crippen molar-refractivity contribution in [3.05, 3.63) is 54.6 Å². The van der Waals surface area contributed by atoms with Gasteiger partial charge in [-0.1, -0.05) is 13.8 Å². The number of aromatic nitrogens is 3. The van der Waals surface area contributed by atoms with Crippen molar-refractivity contribution in [2.24, 2.45) is 11.8 Å². The molecule has 1 unspecified atom stereocenters. The topological polar surface area (TPSA) is 59.8 Å². The zero-order chi connectivity index (χ0) is 20.5. The van der Waals surface area contributed by atoms with E-state index in [4.69, 9.17) is 5.10 Å². The minimum Gasteiger partial charge on any atom is -0.310 e. The van der Waals surface area contributed by atoms with Gasteiger partial charge in [0.2, 0.25) is 5.91 Å². The summed E-state index contributed by atoms with van der Waals surface area (Å²) in [5.41, 5.74) is 3.50. The molecule has 0 saturated heterocycles. The lowest BCUT2D eigenvalue weighted by Gasteiger charge is -2.10. The third kappa shape index (κ3) is 4.21. The van der Waals surface area contributed by atoms with Gasteiger partial charge in [-0.25, -0.2) is 9.37 Å². The molecule has 2 aromatic heterocycles. The van der Waals surface area contributed by atoms with Crippen molar-refractivity contribution >= 4 is 11.7 Å². The van der Waals surface area contributed by atoms with E-state index < -0.39 is 0 Å². The Bertz CT molecular complexity index is 1020. The number of nitrogens with one attached hydrogen (secondary N) is 1. The first-order valence-corrected chi connectivity index (χ1v) is 10.0. The van der Waals surface area contributed by atoms with Gasteiger partial charge in [-0.05, 0) is 67.6 Å². The number of hydrogen-bond acceptors (Lipinski definition) is 3. The maximum Gasteiger partial charge on any atom is 0.228 e. The summed E-state index contributed by atoms with van der Waals surface area (Å²) in [5, 5.41) is 7.70. The molecule has 0 aliphatic heterocycles. The Morgan fingerprint density at radius 3 is 2.52 bits per heavy atom. The molecule has 1 aromatic carbocycles. The highest BCUT2D eigenvalue weighted by Crippen LogP contribution is 2.41. The summed E-state index contributed by atoms with van der Waals surface area (Å²) in [5.74, 6) is 0.684. The average Bonchev–Trinajstić information content (AvgIpc) is 3.46. The van der Waals surface area contributed by atoms with Gasteiger partial charge >= 0.3 is 0 Å². The zero-order valence-corrected chi connectivity index (χ0v) is 16.9. The normalized spacial score (nSPS) is 14.8. The fourth-order valence-corrected chi connectivity index (χ4v) is 3.36. The van der Waals surface area contributed by atoms with E-state index in [0.717, 1.165) is 22.4 Å². The summed E-state index contributed by atoms with van der Waals surface area (Å²) in [6.07, 6.45) is 6.18. The SMILES string of the molecule is CC(C)C(=O)Nc1cc(-c2cn(C(C)C3CC3)nc2-c2ccc(F)cc2)ccn1. The molecule has 1 aliphatic carbocycles. The Labute approximate surface area is 170 Å². The second-order valence-corrected chi connectivity index (χ2v) is 8.03. The number of nitrogens with zero attached hydrogens (tertiary/aromatic N) is 3. The fraction of sp³-hybridized carbons (Fsp3) is 0.348. The molecule has 3 aromatic rings. The first-order valence-electron chi connectivity index (χ1n) is 10.0. The molecular weight excluding hydrogens is 367 g/mol. The summed E-state index contributed by atoms with van der Waals surface area (Å²) in [7, 11) is 0. The van der Waals surface area contributed by atoms with Crippen molar-refractivity contribution in [2.75, 3.05) is 5.32 Å². The molecule has 1 aliphatic rings. The van der Waals surface area contributed by atoms with E-state index in [1.165, 1.54) is 25.0 Å². The summed E-state index contributed by atoms with van der Waals surface area (Å²) < 4.78 is 15.5. The van der Waals surface area contributed by atoms with E-state index in [0.29, 0.717) is 17.8 Å². The van der Waals surface area contributed by atoms with E-state index in [1.54, 1.807) is 18.3 Å². The third-order valence-corrected chi connectivity index (χ3v) is 5.42. The van der Waals surface area contributed by atoms with Crippen LogP contribution in [0.25, 0.3) is 22.4 Å². The molecule has 1 N–H and O–H groups in total. The molecule has 4 rings (SSSR count). The number of pyridine rings is 1. The molecule has 0 radical (unpaired) electrons. The maximum atomic E-state index is 13.4. The summed E-state index contributed by atoms with van der Waals surface area (Å²) in [6.45, 7) is 5.87. The molecule has 1 saturated carbocycles. The summed E-state index contributed by atoms with van der Waals surface area (Å²) >= 11 is 0. The van der Waals surface area contributed by atoms with Gasteiger partial charge in [0, 0.05) is 29.4 Å². The van der Waals surface area contributed by atoms with E-state index >= 15 is 0 Å². The van der Waals surface area contributed by atoms with Crippen LogP contribution in [-0.2, 0) is 4.79 Å². The van der Waals surface area contributed by atoms with Crippen LogP contribution in [0.2, 0.25) is 0 Å². The van der Waals surface area contributed by atoms with Crippen LogP contribution >= 0.6 is 0 Å². The lowest BCUT2D eigenvalue weighted by atomic mass is 10.0. The van der Waals surface area contributed by atoms with Crippen molar-refractivity contribution in [3.8, 4) is 22.4 Å². The standard InChI is InChI=1S/C23H25FN4O/c1-14(2)23(29)26-21-12-18(10-11-25-21)20-13-28(15(3)16-4-5-16)27-22(20)17-6-8-19(24)9-7-17/h6-16H,4-5H2,1-3H3,(H,25,26,29). The second kappa shape index (κ2) is 7.78. The molecule has 6 heteroatoms. The number of anilines is 1. The van der Waals surface area contributed by atoms with Crippen LogP contribution in [0.4, 0.5) is 10.2 Å². The quantitative estimate of drug-likeness (QED) is 0.618. The Morgan fingerprint density at radius 1 is 1.14 bits per heavy atom. The Morgan fingerprint density at radius 2 is 1.86 bits per heavy atom. The van der Waals surface area contributed by atoms with E-state index in [1.807, 2.05) is 36.9 Å². The molecule has 2 heterocycles. The van der Waals surface area contributed by atoms with Crippen LogP contribution in [0, 0.1) is 17.7 Å². The van der Waals surface area contributed by atoms with Crippen molar-refractivity contribution in [3.63, 3.8) is 0 Å². The van der Waals surface area contributed by atoms with Crippen molar-refractivity contribution in [2.45, 2.75) is 39.7 Å². The number of hydrogen-bond donors (Lipinski definition) is 1. The van der Waals surface area contributed by atoms with Gasteiger partial charge in [0.05, 0.1) is 6.04 Å². The van der Waals surface area contributed by atoms with Gasteiger partial charge in [-0.2, -0.15) is 5.10 Å². The molecule has 1 atom stereocenters. The first kappa shape index (κ1) is 19.3. The number of benzene rings is 1. The van der Waals surface area contributed by atoms with Gasteiger partial charge < -0.3 is 5.32 Å². The highest BCUT2D eigenvalue weighted by Gasteiger charge is 2.30. The van der Waals surface area contributed by atoms with Crippen LogP contribution in [-0.4, -0.2) is 20.7 Å². The highest BCUT2D eigenvalue weighted by atomic mass is 19.1. The minimum absolute atomic E-state index is 0.0774. The van der Waals surface area contributed by atoms with Crippen molar-refractivity contribution < 1.29 is 9.18 Å². The zero-order valence-electron chi connectivity index (χ0n) is 16.9. The summed E-state index contributed by atoms with van der Waals surface area (Å²) in [6, 6.07) is 10.5. The number of amides is 1. The largest absolute Gasteiger partial charge is 0.310 e. The van der Waals surface area contributed by atoms with Gasteiger partial charge in [-0.15, -0.1) is 0 Å². The van der Waals surface area contributed by atoms with E-state index in [2.05, 4.69) is 17.2 Å². The highest BCUT2D eigenvalue weighted by molar-refractivity contribution is 5.92. The first-order chi connectivity index (χ1) is 13.9. The van der Waals surface area contributed by atoms with E-state index in [9.17, 15) is 9.18 Å². The fourth-order valence-electron chi connectivity index (χ4n) is 3.36. The van der Waals surface area contributed by atoms with E-state index in [-0.39, 0.29) is 17.6 Å². The molecule has 5 nitrogen and oxygen atoms in total. The number of halogens is 1. The molecule has 1 fully saturated rings.